The van der Waals surface area contributed by atoms with E-state index in [0.717, 1.165) is 20.9 Å². The maximum absolute atomic E-state index is 3.23. The predicted octanol–water partition coefficient (Wildman–Crippen LogP) is 4.68. The Morgan fingerprint density at radius 2 is 0.889 bits per heavy atom. The van der Waals surface area contributed by atoms with E-state index in [0.29, 0.717) is 0 Å². The highest BCUT2D eigenvalue weighted by Crippen LogP contribution is 2.16. The topological polar surface area (TPSA) is 6.48 Å². The molecule has 134 valence electrons. The first-order valence-corrected chi connectivity index (χ1v) is 9.51. The molecule has 0 fully saturated rings. The molecule has 0 saturated carbocycles. The van der Waals surface area contributed by atoms with E-state index in [2.05, 4.69) is 57.7 Å². The molecule has 1 heterocycles. The van der Waals surface area contributed by atoms with Gasteiger partial charge >= 0.3 is 0 Å². The third kappa shape index (κ3) is 5.17. The summed E-state index contributed by atoms with van der Waals surface area (Å²) in [6.45, 7) is 0. The summed E-state index contributed by atoms with van der Waals surface area (Å²) in [5.74, 6) is 12.9. The molecular formula is C24H22N2S. The van der Waals surface area contributed by atoms with E-state index in [1.165, 1.54) is 11.4 Å². The molecule has 1 aromatic heterocycles. The van der Waals surface area contributed by atoms with Crippen LogP contribution in [-0.4, -0.2) is 28.2 Å². The van der Waals surface area contributed by atoms with Gasteiger partial charge in [0.25, 0.3) is 0 Å². The zero-order valence-electron chi connectivity index (χ0n) is 16.1. The Bertz CT molecular complexity index is 934. The second kappa shape index (κ2) is 8.49. The van der Waals surface area contributed by atoms with E-state index < -0.39 is 0 Å². The average molecular weight is 371 g/mol. The van der Waals surface area contributed by atoms with Crippen molar-refractivity contribution in [3.63, 3.8) is 0 Å². The monoisotopic (exact) mass is 370 g/mol. The van der Waals surface area contributed by atoms with E-state index in [4.69, 9.17) is 0 Å². The lowest BCUT2D eigenvalue weighted by atomic mass is 10.2. The summed E-state index contributed by atoms with van der Waals surface area (Å²) in [5.41, 5.74) is 4.38. The van der Waals surface area contributed by atoms with Crippen LogP contribution in [0, 0.1) is 23.7 Å². The molecule has 2 nitrogen and oxygen atoms in total. The van der Waals surface area contributed by atoms with Gasteiger partial charge in [-0.3, -0.25) is 0 Å². The van der Waals surface area contributed by atoms with Crippen molar-refractivity contribution < 1.29 is 0 Å². The lowest BCUT2D eigenvalue weighted by molar-refractivity contribution is 1.13. The van der Waals surface area contributed by atoms with Crippen molar-refractivity contribution in [2.75, 3.05) is 38.0 Å². The molecule has 0 aliphatic rings. The molecule has 0 N–H and O–H groups in total. The molecule has 0 bridgehead atoms. The highest BCUT2D eigenvalue weighted by atomic mass is 32.1. The van der Waals surface area contributed by atoms with Crippen LogP contribution < -0.4 is 9.80 Å². The molecule has 0 atom stereocenters. The second-order valence-electron chi connectivity index (χ2n) is 6.55. The Kier molecular flexibility index (Phi) is 5.87. The summed E-state index contributed by atoms with van der Waals surface area (Å²) in [7, 11) is 8.13. The zero-order valence-corrected chi connectivity index (χ0v) is 16.9. The van der Waals surface area contributed by atoms with Crippen molar-refractivity contribution in [2.24, 2.45) is 0 Å². The Morgan fingerprint density at radius 3 is 1.22 bits per heavy atom. The second-order valence-corrected chi connectivity index (χ2v) is 7.63. The molecule has 0 aliphatic carbocycles. The summed E-state index contributed by atoms with van der Waals surface area (Å²) in [5, 5.41) is 0. The summed E-state index contributed by atoms with van der Waals surface area (Å²) in [4.78, 5) is 6.21. The van der Waals surface area contributed by atoms with Crippen LogP contribution in [0.3, 0.4) is 0 Å². The molecule has 0 aliphatic heterocycles. The smallest absolute Gasteiger partial charge is 0.0785 e. The van der Waals surface area contributed by atoms with Crippen LogP contribution >= 0.6 is 11.3 Å². The van der Waals surface area contributed by atoms with Gasteiger partial charge in [0.05, 0.1) is 9.75 Å². The maximum Gasteiger partial charge on any atom is 0.0785 e. The minimum atomic E-state index is 1.02. The molecule has 0 spiro atoms. The van der Waals surface area contributed by atoms with Crippen molar-refractivity contribution >= 4 is 22.7 Å². The van der Waals surface area contributed by atoms with Gasteiger partial charge < -0.3 is 9.80 Å². The normalized spacial score (nSPS) is 9.63. The number of hydrogen-bond acceptors (Lipinski definition) is 3. The first-order valence-electron chi connectivity index (χ1n) is 8.70. The molecule has 3 rings (SSSR count). The van der Waals surface area contributed by atoms with Gasteiger partial charge in [-0.25, -0.2) is 0 Å². The third-order valence-corrected chi connectivity index (χ3v) is 4.95. The average Bonchev–Trinajstić information content (AvgIpc) is 3.13. The van der Waals surface area contributed by atoms with Crippen LogP contribution in [0.5, 0.6) is 0 Å². The Morgan fingerprint density at radius 1 is 0.519 bits per heavy atom. The lowest BCUT2D eigenvalue weighted by Gasteiger charge is -2.11. The van der Waals surface area contributed by atoms with Crippen LogP contribution in [0.15, 0.2) is 60.7 Å². The van der Waals surface area contributed by atoms with Crippen LogP contribution in [-0.2, 0) is 0 Å². The highest BCUT2D eigenvalue weighted by molar-refractivity contribution is 7.13. The zero-order chi connectivity index (χ0) is 19.2. The molecule has 0 amide bonds. The van der Waals surface area contributed by atoms with Gasteiger partial charge in [-0.05, 0) is 60.7 Å². The SMILES string of the molecule is CN(C)c1ccc(C#Cc2ccc(C#Cc3ccc(N(C)C)cc3)s2)cc1. The number of benzene rings is 2. The van der Waals surface area contributed by atoms with Crippen molar-refractivity contribution in [1.29, 1.82) is 0 Å². The first kappa shape index (κ1) is 18.6. The number of nitrogens with zero attached hydrogens (tertiary/aromatic N) is 2. The number of hydrogen-bond donors (Lipinski definition) is 0. The largest absolute Gasteiger partial charge is 0.378 e. The standard InChI is InChI=1S/C24H22N2S/c1-25(2)21-11-5-19(6-12-21)9-15-23-17-18-24(27-23)16-10-20-7-13-22(14-8-20)26(3)4/h5-8,11-14,17-18H,1-4H3. The molecular weight excluding hydrogens is 348 g/mol. The van der Waals surface area contributed by atoms with Gasteiger partial charge in [-0.15, -0.1) is 11.3 Å². The molecule has 0 unspecified atom stereocenters. The fourth-order valence-corrected chi connectivity index (χ4v) is 3.14. The first-order chi connectivity index (χ1) is 13.0. The quantitative estimate of drug-likeness (QED) is 0.605. The lowest BCUT2D eigenvalue weighted by Crippen LogP contribution is -2.07. The molecule has 0 radical (unpaired) electrons. The maximum atomic E-state index is 3.23. The van der Waals surface area contributed by atoms with Crippen molar-refractivity contribution in [3.05, 3.63) is 81.5 Å². The molecule has 0 saturated heterocycles. The van der Waals surface area contributed by atoms with Gasteiger partial charge in [-0.1, -0.05) is 23.7 Å². The minimum absolute atomic E-state index is 1.02. The van der Waals surface area contributed by atoms with Crippen LogP contribution in [0.4, 0.5) is 11.4 Å². The van der Waals surface area contributed by atoms with Gasteiger partial charge in [0.2, 0.25) is 0 Å². The van der Waals surface area contributed by atoms with E-state index in [9.17, 15) is 0 Å². The van der Waals surface area contributed by atoms with Gasteiger partial charge in [-0.2, -0.15) is 0 Å². The van der Waals surface area contributed by atoms with Crippen molar-refractivity contribution in [1.82, 2.24) is 0 Å². The number of rotatable bonds is 2. The minimum Gasteiger partial charge on any atom is -0.378 e. The number of anilines is 2. The Hall–Kier alpha value is -3.14. The molecule has 2 aromatic carbocycles. The van der Waals surface area contributed by atoms with Crippen LogP contribution in [0.2, 0.25) is 0 Å². The summed E-state index contributed by atoms with van der Waals surface area (Å²) < 4.78 is 0. The molecule has 3 heteroatoms. The summed E-state index contributed by atoms with van der Waals surface area (Å²) >= 11 is 1.62. The summed E-state index contributed by atoms with van der Waals surface area (Å²) in [6, 6.07) is 20.6. The van der Waals surface area contributed by atoms with Crippen LogP contribution in [0.25, 0.3) is 0 Å². The molecule has 3 aromatic rings. The third-order valence-electron chi connectivity index (χ3n) is 4.03. The van der Waals surface area contributed by atoms with E-state index in [-0.39, 0.29) is 0 Å². The van der Waals surface area contributed by atoms with Crippen molar-refractivity contribution in [2.45, 2.75) is 0 Å². The summed E-state index contributed by atoms with van der Waals surface area (Å²) in [6.07, 6.45) is 0. The van der Waals surface area contributed by atoms with E-state index in [1.807, 2.05) is 64.6 Å². The Labute approximate surface area is 166 Å². The highest BCUT2D eigenvalue weighted by Gasteiger charge is 1.97. The van der Waals surface area contributed by atoms with E-state index >= 15 is 0 Å². The van der Waals surface area contributed by atoms with Crippen molar-refractivity contribution in [3.8, 4) is 23.7 Å². The number of thiophene rings is 1. The van der Waals surface area contributed by atoms with Gasteiger partial charge in [0.15, 0.2) is 0 Å². The van der Waals surface area contributed by atoms with E-state index in [1.54, 1.807) is 11.3 Å². The predicted molar refractivity (Wildman–Crippen MR) is 118 cm³/mol. The van der Waals surface area contributed by atoms with Gasteiger partial charge in [0, 0.05) is 50.7 Å². The Balaban J connectivity index is 1.69. The van der Waals surface area contributed by atoms with Crippen LogP contribution in [0.1, 0.15) is 20.9 Å². The fraction of sp³-hybridized carbons (Fsp3) is 0.167. The van der Waals surface area contributed by atoms with Gasteiger partial charge in [0.1, 0.15) is 0 Å². The fourth-order valence-electron chi connectivity index (χ4n) is 2.43. The molecule has 27 heavy (non-hydrogen) atoms.